The van der Waals surface area contributed by atoms with Gasteiger partial charge < -0.3 is 0 Å². The first-order valence-corrected chi connectivity index (χ1v) is 4.30. The fraction of sp³-hybridized carbons (Fsp3) is 0.455. The Kier molecular flexibility index (Phi) is 8.57. The van der Waals surface area contributed by atoms with Gasteiger partial charge in [-0.05, 0) is 25.7 Å². The van der Waals surface area contributed by atoms with Gasteiger partial charge in [-0.1, -0.05) is 37.3 Å². The molecule has 0 aromatic carbocycles. The van der Waals surface area contributed by atoms with Gasteiger partial charge in [0.25, 0.3) is 0 Å². The second-order valence-electron chi connectivity index (χ2n) is 2.59. The van der Waals surface area contributed by atoms with Crippen LogP contribution in [-0.2, 0) is 0 Å². The van der Waals surface area contributed by atoms with Crippen molar-refractivity contribution in [1.82, 2.24) is 0 Å². The number of hydrogen-bond acceptors (Lipinski definition) is 0. The van der Waals surface area contributed by atoms with E-state index in [0.29, 0.717) is 0 Å². The molecule has 0 heterocycles. The van der Waals surface area contributed by atoms with Crippen molar-refractivity contribution in [3.63, 3.8) is 0 Å². The van der Waals surface area contributed by atoms with E-state index < -0.39 is 0 Å². The molecule has 0 amide bonds. The van der Waals surface area contributed by atoms with E-state index in [4.69, 9.17) is 0 Å². The van der Waals surface area contributed by atoms with Crippen molar-refractivity contribution >= 4 is 0 Å². The van der Waals surface area contributed by atoms with E-state index in [-0.39, 0.29) is 0 Å². The van der Waals surface area contributed by atoms with Gasteiger partial charge in [0.15, 0.2) is 0 Å². The fourth-order valence-corrected chi connectivity index (χ4v) is 0.920. The first kappa shape index (κ1) is 10.2. The third kappa shape index (κ3) is 9.22. The van der Waals surface area contributed by atoms with Crippen LogP contribution in [0.3, 0.4) is 0 Å². The maximum Gasteiger partial charge on any atom is -0.0348 e. The molecule has 0 atom stereocenters. The lowest BCUT2D eigenvalue weighted by Gasteiger charge is -1.93. The molecular formula is C11H18. The molecule has 0 N–H and O–H groups in total. The molecule has 0 bridgehead atoms. The summed E-state index contributed by atoms with van der Waals surface area (Å²) in [5.41, 5.74) is 0. The Bertz CT molecular complexity index is 120. The summed E-state index contributed by atoms with van der Waals surface area (Å²) in [6, 6.07) is 0. The van der Waals surface area contributed by atoms with E-state index in [1.54, 1.807) is 0 Å². The van der Waals surface area contributed by atoms with Crippen LogP contribution in [0.25, 0.3) is 0 Å². The van der Waals surface area contributed by atoms with E-state index in [2.05, 4.69) is 19.2 Å². The number of unbranched alkanes of at least 4 members (excludes halogenated alkanes) is 4. The Morgan fingerprint density at radius 2 is 1.64 bits per heavy atom. The summed E-state index contributed by atoms with van der Waals surface area (Å²) in [7, 11) is 0. The quantitative estimate of drug-likeness (QED) is 0.293. The van der Waals surface area contributed by atoms with Gasteiger partial charge >= 0.3 is 0 Å². The average molecular weight is 150 g/mol. The van der Waals surface area contributed by atoms with Crippen LogP contribution in [0.15, 0.2) is 37.5 Å². The minimum Gasteiger partial charge on any atom is -0.103 e. The van der Waals surface area contributed by atoms with Gasteiger partial charge in [-0.2, -0.15) is 0 Å². The van der Waals surface area contributed by atoms with Crippen LogP contribution in [-0.4, -0.2) is 0 Å². The summed E-state index contributed by atoms with van der Waals surface area (Å²) in [5.74, 6) is 0. The highest BCUT2D eigenvalue weighted by Crippen LogP contribution is 2.03. The van der Waals surface area contributed by atoms with Crippen LogP contribution in [0.5, 0.6) is 0 Å². The third-order valence-electron chi connectivity index (χ3n) is 1.55. The standard InChI is InChI=1S/C11H18/c1-3-5-7-9-11-10-8-6-4-2/h3-5,7H,1-2,6,8-11H2/b7-5+. The molecule has 0 rings (SSSR count). The lowest BCUT2D eigenvalue weighted by molar-refractivity contribution is 0.696. The van der Waals surface area contributed by atoms with E-state index >= 15 is 0 Å². The summed E-state index contributed by atoms with van der Waals surface area (Å²) < 4.78 is 0. The molecule has 0 aromatic rings. The molecule has 0 aliphatic rings. The van der Waals surface area contributed by atoms with Crippen LogP contribution < -0.4 is 0 Å². The molecule has 0 radical (unpaired) electrons. The SMILES string of the molecule is C=C/C=C/CCCCCC=C. The summed E-state index contributed by atoms with van der Waals surface area (Å²) in [4.78, 5) is 0. The van der Waals surface area contributed by atoms with Gasteiger partial charge in [0, 0.05) is 0 Å². The van der Waals surface area contributed by atoms with Crippen molar-refractivity contribution in [1.29, 1.82) is 0 Å². The van der Waals surface area contributed by atoms with Gasteiger partial charge in [-0.3, -0.25) is 0 Å². The third-order valence-corrected chi connectivity index (χ3v) is 1.55. The molecular weight excluding hydrogens is 132 g/mol. The lowest BCUT2D eigenvalue weighted by Crippen LogP contribution is -1.73. The molecule has 0 aliphatic carbocycles. The molecule has 62 valence electrons. The summed E-state index contributed by atoms with van der Waals surface area (Å²) in [5, 5.41) is 0. The predicted octanol–water partition coefficient (Wildman–Crippen LogP) is 3.87. The Morgan fingerprint density at radius 3 is 2.27 bits per heavy atom. The minimum absolute atomic E-state index is 1.16. The van der Waals surface area contributed by atoms with E-state index in [1.807, 2.05) is 18.2 Å². The van der Waals surface area contributed by atoms with Crippen LogP contribution >= 0.6 is 0 Å². The molecule has 0 aromatic heterocycles. The molecule has 0 saturated carbocycles. The molecule has 0 fully saturated rings. The molecule has 0 unspecified atom stereocenters. The van der Waals surface area contributed by atoms with Gasteiger partial charge in [-0.25, -0.2) is 0 Å². The lowest BCUT2D eigenvalue weighted by atomic mass is 10.1. The first-order chi connectivity index (χ1) is 5.41. The highest BCUT2D eigenvalue weighted by molar-refractivity contribution is 4.96. The maximum atomic E-state index is 3.68. The molecule has 0 aliphatic heterocycles. The fourth-order valence-electron chi connectivity index (χ4n) is 0.920. The maximum absolute atomic E-state index is 3.68. The van der Waals surface area contributed by atoms with Crippen LogP contribution in [0.4, 0.5) is 0 Å². The van der Waals surface area contributed by atoms with Crippen LogP contribution in [0.2, 0.25) is 0 Å². The molecule has 0 nitrogen and oxygen atoms in total. The normalized spacial score (nSPS) is 10.2. The van der Waals surface area contributed by atoms with Crippen molar-refractivity contribution in [3.05, 3.63) is 37.5 Å². The molecule has 11 heavy (non-hydrogen) atoms. The van der Waals surface area contributed by atoms with Crippen LogP contribution in [0, 0.1) is 0 Å². The Balaban J connectivity index is 2.95. The van der Waals surface area contributed by atoms with Crippen molar-refractivity contribution in [2.45, 2.75) is 32.1 Å². The number of allylic oxidation sites excluding steroid dienone is 4. The largest absolute Gasteiger partial charge is 0.103 e. The minimum atomic E-state index is 1.16. The Morgan fingerprint density at radius 1 is 0.909 bits per heavy atom. The highest BCUT2D eigenvalue weighted by atomic mass is 13.9. The van der Waals surface area contributed by atoms with Gasteiger partial charge in [-0.15, -0.1) is 6.58 Å². The van der Waals surface area contributed by atoms with Crippen molar-refractivity contribution in [2.75, 3.05) is 0 Å². The van der Waals surface area contributed by atoms with E-state index in [9.17, 15) is 0 Å². The number of rotatable bonds is 7. The Labute approximate surface area is 70.3 Å². The topological polar surface area (TPSA) is 0 Å². The monoisotopic (exact) mass is 150 g/mol. The second-order valence-corrected chi connectivity index (χ2v) is 2.59. The van der Waals surface area contributed by atoms with Gasteiger partial charge in [0.05, 0.1) is 0 Å². The number of hydrogen-bond donors (Lipinski definition) is 0. The van der Waals surface area contributed by atoms with Crippen molar-refractivity contribution in [2.24, 2.45) is 0 Å². The molecule has 0 saturated heterocycles. The summed E-state index contributed by atoms with van der Waals surface area (Å²) >= 11 is 0. The van der Waals surface area contributed by atoms with Gasteiger partial charge in [0.2, 0.25) is 0 Å². The smallest absolute Gasteiger partial charge is 0.0348 e. The summed E-state index contributed by atoms with van der Waals surface area (Å²) in [6.45, 7) is 7.29. The van der Waals surface area contributed by atoms with Gasteiger partial charge in [0.1, 0.15) is 0 Å². The van der Waals surface area contributed by atoms with E-state index in [1.165, 1.54) is 25.7 Å². The van der Waals surface area contributed by atoms with Crippen molar-refractivity contribution < 1.29 is 0 Å². The highest BCUT2D eigenvalue weighted by Gasteiger charge is 1.83. The second kappa shape index (κ2) is 9.22. The summed E-state index contributed by atoms with van der Waals surface area (Å²) in [6.07, 6.45) is 14.2. The molecule has 0 spiro atoms. The van der Waals surface area contributed by atoms with Crippen LogP contribution in [0.1, 0.15) is 32.1 Å². The predicted molar refractivity (Wildman–Crippen MR) is 52.6 cm³/mol. The molecule has 0 heteroatoms. The average Bonchev–Trinajstić information content (AvgIpc) is 2.03. The van der Waals surface area contributed by atoms with E-state index in [0.717, 1.165) is 6.42 Å². The first-order valence-electron chi connectivity index (χ1n) is 4.30. The zero-order chi connectivity index (χ0) is 8.36. The zero-order valence-electron chi connectivity index (χ0n) is 7.26. The Hall–Kier alpha value is -0.780. The zero-order valence-corrected chi connectivity index (χ0v) is 7.26. The van der Waals surface area contributed by atoms with Crippen molar-refractivity contribution in [3.8, 4) is 0 Å².